The number of hydrogen-bond donors (Lipinski definition) is 0. The zero-order valence-electron chi connectivity index (χ0n) is 22.9. The van der Waals surface area contributed by atoms with E-state index in [0.29, 0.717) is 24.3 Å². The van der Waals surface area contributed by atoms with Crippen molar-refractivity contribution in [1.29, 1.82) is 5.26 Å². The van der Waals surface area contributed by atoms with Gasteiger partial charge in [0.15, 0.2) is 5.65 Å². The number of fused-ring (bicyclic) bond motifs is 1. The number of allylic oxidation sites excluding steroid dienone is 2. The van der Waals surface area contributed by atoms with Crippen molar-refractivity contribution in [2.45, 2.75) is 85.6 Å². The van der Waals surface area contributed by atoms with Crippen LogP contribution < -0.4 is 0 Å². The van der Waals surface area contributed by atoms with Gasteiger partial charge in [0.1, 0.15) is 6.33 Å². The van der Waals surface area contributed by atoms with Crippen molar-refractivity contribution < 1.29 is 0 Å². The van der Waals surface area contributed by atoms with Gasteiger partial charge >= 0.3 is 0 Å². The molecule has 1 unspecified atom stereocenters. The highest BCUT2D eigenvalue weighted by Gasteiger charge is 2.25. The van der Waals surface area contributed by atoms with Crippen molar-refractivity contribution in [2.24, 2.45) is 5.92 Å². The third-order valence-corrected chi connectivity index (χ3v) is 7.91. The van der Waals surface area contributed by atoms with Crippen LogP contribution in [-0.4, -0.2) is 38.6 Å². The maximum Gasteiger partial charge on any atom is 0.155 e. The lowest BCUT2D eigenvalue weighted by atomic mass is 9.80. The van der Waals surface area contributed by atoms with Gasteiger partial charge in [-0.05, 0) is 110 Å². The molecule has 3 aromatic rings. The van der Waals surface area contributed by atoms with Crippen LogP contribution in [0.3, 0.4) is 0 Å². The lowest BCUT2D eigenvalue weighted by molar-refractivity contribution is 0.163. The molecule has 0 bridgehead atoms. The predicted octanol–water partition coefficient (Wildman–Crippen LogP) is 7.19. The van der Waals surface area contributed by atoms with Crippen LogP contribution in [0, 0.1) is 31.1 Å². The monoisotopic (exact) mass is 483 g/mol. The molecule has 5 heteroatoms. The summed E-state index contributed by atoms with van der Waals surface area (Å²) in [7, 11) is 0. The van der Waals surface area contributed by atoms with Crippen molar-refractivity contribution in [1.82, 2.24) is 19.5 Å². The Bertz CT molecular complexity index is 1270. The zero-order chi connectivity index (χ0) is 25.8. The minimum atomic E-state index is 0.349. The van der Waals surface area contributed by atoms with E-state index in [4.69, 9.17) is 5.26 Å². The fourth-order valence-electron chi connectivity index (χ4n) is 5.88. The quantitative estimate of drug-likeness (QED) is 0.340. The Balaban J connectivity index is 1.74. The van der Waals surface area contributed by atoms with Crippen LogP contribution in [0.5, 0.6) is 0 Å². The summed E-state index contributed by atoms with van der Waals surface area (Å²) in [5.74, 6) is 0.978. The number of aromatic nitrogens is 3. The molecule has 190 valence electrons. The summed E-state index contributed by atoms with van der Waals surface area (Å²) < 4.78 is 1.90. The normalized spacial score (nSPS) is 16.8. The average Bonchev–Trinajstić information content (AvgIpc) is 3.31. The molecule has 36 heavy (non-hydrogen) atoms. The van der Waals surface area contributed by atoms with Crippen LogP contribution in [0.4, 0.5) is 0 Å². The molecule has 1 aromatic carbocycles. The highest BCUT2D eigenvalue weighted by Crippen LogP contribution is 2.40. The van der Waals surface area contributed by atoms with E-state index in [1.807, 2.05) is 4.52 Å². The number of likely N-dealkylation sites (tertiary alicyclic amines) is 1. The average molecular weight is 484 g/mol. The SMILES string of the molecule is CCC/C(=C(\c1cc(C2CCN(C(C)CC#N)CC2)ccc1C)C(C)C)c1cn2ncnc2cc1C. The second-order valence-corrected chi connectivity index (χ2v) is 10.8. The standard InChI is InChI=1S/C31H41N5/c1-7-8-27(29-19-36-30(17-23(29)5)33-20-34-36)31(21(2)3)28-18-26(10-9-22(28)4)25-12-15-35(16-13-25)24(6)11-14-32/h9-10,17-21,24-25H,7-8,11-13,15-16H2,1-6H3/b31-27+. The number of benzene rings is 1. The maximum absolute atomic E-state index is 9.09. The van der Waals surface area contributed by atoms with Crippen LogP contribution in [0.2, 0.25) is 0 Å². The summed E-state index contributed by atoms with van der Waals surface area (Å²) in [6.45, 7) is 15.7. The van der Waals surface area contributed by atoms with E-state index < -0.39 is 0 Å². The molecule has 1 aliphatic rings. The predicted molar refractivity (Wildman–Crippen MR) is 149 cm³/mol. The van der Waals surface area contributed by atoms with E-state index >= 15 is 0 Å². The molecule has 0 saturated carbocycles. The molecule has 0 spiro atoms. The summed E-state index contributed by atoms with van der Waals surface area (Å²) in [5.41, 5.74) is 10.5. The molecular formula is C31H41N5. The van der Waals surface area contributed by atoms with Crippen molar-refractivity contribution in [2.75, 3.05) is 13.1 Å². The van der Waals surface area contributed by atoms with Gasteiger partial charge < -0.3 is 0 Å². The third kappa shape index (κ3) is 5.39. The van der Waals surface area contributed by atoms with Gasteiger partial charge in [0.2, 0.25) is 0 Å². The molecule has 1 fully saturated rings. The van der Waals surface area contributed by atoms with Crippen LogP contribution in [0.1, 0.15) is 93.5 Å². The van der Waals surface area contributed by atoms with Gasteiger partial charge in [0.05, 0.1) is 12.5 Å². The summed E-state index contributed by atoms with van der Waals surface area (Å²) in [6.07, 6.45) is 8.85. The van der Waals surface area contributed by atoms with Crippen LogP contribution in [-0.2, 0) is 0 Å². The number of pyridine rings is 1. The number of aryl methyl sites for hydroxylation is 2. The van der Waals surface area contributed by atoms with E-state index in [1.165, 1.54) is 39.0 Å². The van der Waals surface area contributed by atoms with Crippen LogP contribution in [0.25, 0.3) is 16.8 Å². The first-order valence-electron chi connectivity index (χ1n) is 13.6. The second-order valence-electron chi connectivity index (χ2n) is 10.8. The van der Waals surface area contributed by atoms with E-state index in [-0.39, 0.29) is 0 Å². The van der Waals surface area contributed by atoms with Gasteiger partial charge in [-0.15, -0.1) is 0 Å². The Hall–Kier alpha value is -2.97. The first kappa shape index (κ1) is 26.1. The number of hydrogen-bond acceptors (Lipinski definition) is 4. The van der Waals surface area contributed by atoms with Crippen molar-refractivity contribution in [3.8, 4) is 6.07 Å². The molecule has 5 nitrogen and oxygen atoms in total. The van der Waals surface area contributed by atoms with Crippen LogP contribution >= 0.6 is 0 Å². The molecule has 2 aromatic heterocycles. The highest BCUT2D eigenvalue weighted by atomic mass is 15.3. The number of rotatable bonds is 8. The second kappa shape index (κ2) is 11.4. The van der Waals surface area contributed by atoms with Crippen molar-refractivity contribution >= 4 is 16.8 Å². The van der Waals surface area contributed by atoms with Gasteiger partial charge in [-0.1, -0.05) is 45.4 Å². The largest absolute Gasteiger partial charge is 0.300 e. The fraction of sp³-hybridized carbons (Fsp3) is 0.516. The molecule has 0 N–H and O–H groups in total. The Morgan fingerprint density at radius 3 is 2.50 bits per heavy atom. The van der Waals surface area contributed by atoms with E-state index in [1.54, 1.807) is 6.33 Å². The summed E-state index contributed by atoms with van der Waals surface area (Å²) in [4.78, 5) is 6.87. The molecule has 0 amide bonds. The lowest BCUT2D eigenvalue weighted by Crippen LogP contribution is -2.39. The van der Waals surface area contributed by atoms with E-state index in [0.717, 1.165) is 44.4 Å². The molecule has 1 aliphatic heterocycles. The van der Waals surface area contributed by atoms with Gasteiger partial charge in [0.25, 0.3) is 0 Å². The lowest BCUT2D eigenvalue weighted by Gasteiger charge is -2.35. The van der Waals surface area contributed by atoms with E-state index in [9.17, 15) is 0 Å². The van der Waals surface area contributed by atoms with Crippen molar-refractivity contribution in [3.05, 3.63) is 64.6 Å². The number of piperidine rings is 1. The summed E-state index contributed by atoms with van der Waals surface area (Å²) in [5, 5.41) is 13.5. The minimum absolute atomic E-state index is 0.349. The smallest absolute Gasteiger partial charge is 0.155 e. The first-order chi connectivity index (χ1) is 17.3. The molecule has 1 saturated heterocycles. The summed E-state index contributed by atoms with van der Waals surface area (Å²) >= 11 is 0. The summed E-state index contributed by atoms with van der Waals surface area (Å²) in [6, 6.07) is 12.0. The third-order valence-electron chi connectivity index (χ3n) is 7.91. The molecule has 0 radical (unpaired) electrons. The van der Waals surface area contributed by atoms with Gasteiger partial charge in [-0.2, -0.15) is 10.4 Å². The van der Waals surface area contributed by atoms with Gasteiger partial charge in [0, 0.05) is 12.2 Å². The Kier molecular flexibility index (Phi) is 8.26. The Labute approximate surface area is 216 Å². The highest BCUT2D eigenvalue weighted by molar-refractivity contribution is 5.93. The molecule has 1 atom stereocenters. The molecule has 3 heterocycles. The molecule has 0 aliphatic carbocycles. The zero-order valence-corrected chi connectivity index (χ0v) is 22.9. The Morgan fingerprint density at radius 1 is 1.08 bits per heavy atom. The van der Waals surface area contributed by atoms with Gasteiger partial charge in [-0.25, -0.2) is 9.50 Å². The van der Waals surface area contributed by atoms with E-state index in [2.05, 4.69) is 93.1 Å². The molecular weight excluding hydrogens is 442 g/mol. The van der Waals surface area contributed by atoms with Crippen LogP contribution in [0.15, 0.2) is 36.8 Å². The topological polar surface area (TPSA) is 57.2 Å². The Morgan fingerprint density at radius 2 is 1.83 bits per heavy atom. The first-order valence-corrected chi connectivity index (χ1v) is 13.6. The number of nitriles is 1. The van der Waals surface area contributed by atoms with Gasteiger partial charge in [-0.3, -0.25) is 4.90 Å². The fourth-order valence-corrected chi connectivity index (χ4v) is 5.88. The number of nitrogens with zero attached hydrogens (tertiary/aromatic N) is 5. The minimum Gasteiger partial charge on any atom is -0.300 e. The molecule has 4 rings (SSSR count). The maximum atomic E-state index is 9.09. The van der Waals surface area contributed by atoms with Crippen molar-refractivity contribution in [3.63, 3.8) is 0 Å².